The Morgan fingerprint density at radius 2 is 2.21 bits per heavy atom. The van der Waals surface area contributed by atoms with Gasteiger partial charge in [-0.2, -0.15) is 5.10 Å². The summed E-state index contributed by atoms with van der Waals surface area (Å²) in [5, 5.41) is 14.8. The van der Waals surface area contributed by atoms with Crippen LogP contribution in [0.2, 0.25) is 0 Å². The average molecular weight is 291 g/mol. The molecule has 1 aromatic heterocycles. The maximum absolute atomic E-state index is 12.1. The molecule has 0 amide bonds. The summed E-state index contributed by atoms with van der Waals surface area (Å²) >= 11 is 0. The molecule has 1 rings (SSSR count). The molecule has 0 saturated carbocycles. The van der Waals surface area contributed by atoms with E-state index in [0.717, 1.165) is 0 Å². The summed E-state index contributed by atoms with van der Waals surface area (Å²) in [5.41, 5.74) is -0.326. The predicted octanol–water partition coefficient (Wildman–Crippen LogP) is 0.120. The number of ether oxygens (including phenoxy) is 1. The van der Waals surface area contributed by atoms with Crippen LogP contribution in [0.25, 0.3) is 0 Å². The van der Waals surface area contributed by atoms with Crippen LogP contribution in [0, 0.1) is 6.92 Å². The van der Waals surface area contributed by atoms with Crippen molar-refractivity contribution in [2.24, 2.45) is 0 Å². The van der Waals surface area contributed by atoms with Crippen molar-refractivity contribution in [3.8, 4) is 0 Å². The van der Waals surface area contributed by atoms with Gasteiger partial charge in [0.05, 0.1) is 5.69 Å². The Hall–Kier alpha value is -1.45. The fourth-order valence-electron chi connectivity index (χ4n) is 1.57. The molecule has 108 valence electrons. The molecule has 1 aromatic rings. The molecule has 0 aliphatic heterocycles. The van der Waals surface area contributed by atoms with E-state index in [1.165, 1.54) is 14.0 Å². The summed E-state index contributed by atoms with van der Waals surface area (Å²) in [4.78, 5) is 10.6. The van der Waals surface area contributed by atoms with Crippen LogP contribution in [-0.2, 0) is 14.8 Å². The Kier molecular flexibility index (Phi) is 5.04. The quantitative estimate of drug-likeness (QED) is 0.656. The van der Waals surface area contributed by atoms with Gasteiger partial charge in [-0.05, 0) is 20.3 Å². The number of methoxy groups -OCH3 is 1. The molecule has 0 fully saturated rings. The van der Waals surface area contributed by atoms with Gasteiger partial charge in [0.1, 0.15) is 4.90 Å². The van der Waals surface area contributed by atoms with E-state index >= 15 is 0 Å². The maximum atomic E-state index is 12.1. The van der Waals surface area contributed by atoms with E-state index in [4.69, 9.17) is 9.84 Å². The van der Waals surface area contributed by atoms with Gasteiger partial charge in [-0.1, -0.05) is 0 Å². The number of H-pyrrole nitrogens is 1. The molecule has 0 aromatic carbocycles. The molecule has 19 heavy (non-hydrogen) atoms. The summed E-state index contributed by atoms with van der Waals surface area (Å²) in [7, 11) is -2.42. The Bertz CT molecular complexity index is 552. The molecular formula is C10H17N3O5S. The molecule has 0 spiro atoms. The molecule has 1 heterocycles. The van der Waals surface area contributed by atoms with Crippen molar-refractivity contribution in [2.45, 2.75) is 31.2 Å². The van der Waals surface area contributed by atoms with E-state index in [9.17, 15) is 13.2 Å². The van der Waals surface area contributed by atoms with E-state index in [-0.39, 0.29) is 16.6 Å². The second-order valence-corrected chi connectivity index (χ2v) is 5.79. The van der Waals surface area contributed by atoms with Crippen molar-refractivity contribution in [1.82, 2.24) is 14.9 Å². The second-order valence-electron chi connectivity index (χ2n) is 4.14. The van der Waals surface area contributed by atoms with Crippen molar-refractivity contribution in [3.05, 3.63) is 11.4 Å². The number of hydrogen-bond acceptors (Lipinski definition) is 5. The van der Waals surface area contributed by atoms with E-state index in [1.807, 2.05) is 0 Å². The van der Waals surface area contributed by atoms with Crippen LogP contribution in [0.1, 0.15) is 29.5 Å². The standard InChI is InChI=1S/C10H17N3O5S/c1-6(4-5-18-3)13-19(16,17)9-7(2)11-12-8(9)10(14)15/h6,13H,4-5H2,1-3H3,(H,11,12)(H,14,15). The molecule has 0 aliphatic carbocycles. The van der Waals surface area contributed by atoms with Gasteiger partial charge in [0.15, 0.2) is 5.69 Å². The number of sulfonamides is 1. The second kappa shape index (κ2) is 6.13. The molecule has 3 N–H and O–H groups in total. The van der Waals surface area contributed by atoms with Crippen LogP contribution in [0.5, 0.6) is 0 Å². The van der Waals surface area contributed by atoms with E-state index in [2.05, 4.69) is 14.9 Å². The van der Waals surface area contributed by atoms with Gasteiger partial charge in [-0.15, -0.1) is 0 Å². The molecular weight excluding hydrogens is 274 g/mol. The first kappa shape index (κ1) is 15.6. The minimum absolute atomic E-state index is 0.184. The molecule has 8 nitrogen and oxygen atoms in total. The Balaban J connectivity index is 3.01. The van der Waals surface area contributed by atoms with E-state index in [1.54, 1.807) is 6.92 Å². The summed E-state index contributed by atoms with van der Waals surface area (Å²) in [6.45, 7) is 3.53. The number of aromatic nitrogens is 2. The summed E-state index contributed by atoms with van der Waals surface area (Å²) in [6, 6.07) is -0.374. The first-order valence-electron chi connectivity index (χ1n) is 5.59. The lowest BCUT2D eigenvalue weighted by molar-refractivity contribution is 0.0686. The van der Waals surface area contributed by atoms with Gasteiger partial charge in [-0.3, -0.25) is 5.10 Å². The SMILES string of the molecule is COCCC(C)NS(=O)(=O)c1c(C(=O)O)n[nH]c1C. The largest absolute Gasteiger partial charge is 0.476 e. The highest BCUT2D eigenvalue weighted by Crippen LogP contribution is 2.18. The number of nitrogens with one attached hydrogen (secondary N) is 2. The van der Waals surface area contributed by atoms with Gasteiger partial charge in [-0.25, -0.2) is 17.9 Å². The Morgan fingerprint density at radius 3 is 2.74 bits per heavy atom. The van der Waals surface area contributed by atoms with Gasteiger partial charge in [0.2, 0.25) is 10.0 Å². The average Bonchev–Trinajstić information content (AvgIpc) is 2.68. The fraction of sp³-hybridized carbons (Fsp3) is 0.600. The normalized spacial score (nSPS) is 13.4. The van der Waals surface area contributed by atoms with Crippen LogP contribution < -0.4 is 4.72 Å². The first-order valence-corrected chi connectivity index (χ1v) is 7.07. The summed E-state index contributed by atoms with van der Waals surface area (Å²) in [6.07, 6.45) is 0.481. The lowest BCUT2D eigenvalue weighted by Gasteiger charge is -2.13. The minimum atomic E-state index is -3.93. The number of aromatic carboxylic acids is 1. The number of carboxylic acid groups (broad SMARTS) is 1. The van der Waals surface area contributed by atoms with Crippen molar-refractivity contribution >= 4 is 16.0 Å². The van der Waals surface area contributed by atoms with E-state index < -0.39 is 21.7 Å². The van der Waals surface area contributed by atoms with Crippen molar-refractivity contribution < 1.29 is 23.1 Å². The zero-order valence-corrected chi connectivity index (χ0v) is 11.7. The summed E-state index contributed by atoms with van der Waals surface area (Å²) < 4.78 is 31.5. The topological polar surface area (TPSA) is 121 Å². The number of aryl methyl sites for hydroxylation is 1. The van der Waals surface area contributed by atoms with Crippen LogP contribution in [0.15, 0.2) is 4.90 Å². The minimum Gasteiger partial charge on any atom is -0.476 e. The third-order valence-corrected chi connectivity index (χ3v) is 4.22. The zero-order valence-electron chi connectivity index (χ0n) is 10.9. The first-order chi connectivity index (χ1) is 8.79. The van der Waals surface area contributed by atoms with Gasteiger partial charge < -0.3 is 9.84 Å². The Morgan fingerprint density at radius 1 is 1.58 bits per heavy atom. The maximum Gasteiger partial charge on any atom is 0.357 e. The number of carbonyl (C=O) groups is 1. The highest BCUT2D eigenvalue weighted by atomic mass is 32.2. The highest BCUT2D eigenvalue weighted by Gasteiger charge is 2.29. The molecule has 0 bridgehead atoms. The number of rotatable bonds is 7. The third-order valence-electron chi connectivity index (χ3n) is 2.47. The van der Waals surface area contributed by atoms with Crippen molar-refractivity contribution in [3.63, 3.8) is 0 Å². The van der Waals surface area contributed by atoms with Crippen LogP contribution >= 0.6 is 0 Å². The molecule has 1 atom stereocenters. The van der Waals surface area contributed by atoms with Gasteiger partial charge >= 0.3 is 5.97 Å². The molecule has 1 unspecified atom stereocenters. The number of hydrogen-bond donors (Lipinski definition) is 3. The van der Waals surface area contributed by atoms with Crippen molar-refractivity contribution in [2.75, 3.05) is 13.7 Å². The van der Waals surface area contributed by atoms with Crippen LogP contribution in [-0.4, -0.2) is 49.4 Å². The molecule has 0 aliphatic rings. The lowest BCUT2D eigenvalue weighted by Crippen LogP contribution is -2.34. The monoisotopic (exact) mass is 291 g/mol. The van der Waals surface area contributed by atoms with E-state index in [0.29, 0.717) is 13.0 Å². The fourth-order valence-corrected chi connectivity index (χ4v) is 3.17. The number of nitrogens with zero attached hydrogens (tertiary/aromatic N) is 1. The van der Waals surface area contributed by atoms with Gasteiger partial charge in [0.25, 0.3) is 0 Å². The number of aromatic amines is 1. The van der Waals surface area contributed by atoms with Crippen LogP contribution in [0.4, 0.5) is 0 Å². The number of carboxylic acids is 1. The zero-order chi connectivity index (χ0) is 14.6. The molecule has 9 heteroatoms. The smallest absolute Gasteiger partial charge is 0.357 e. The van der Waals surface area contributed by atoms with Crippen LogP contribution in [0.3, 0.4) is 0 Å². The third kappa shape index (κ3) is 3.75. The summed E-state index contributed by atoms with van der Waals surface area (Å²) in [5.74, 6) is -1.39. The molecule has 0 radical (unpaired) electrons. The molecule has 0 saturated heterocycles. The Labute approximate surface area is 111 Å². The predicted molar refractivity (Wildman–Crippen MR) is 66.6 cm³/mol. The lowest BCUT2D eigenvalue weighted by atomic mass is 10.3. The van der Waals surface area contributed by atoms with Gasteiger partial charge in [0, 0.05) is 19.8 Å². The highest BCUT2D eigenvalue weighted by molar-refractivity contribution is 7.89. The van der Waals surface area contributed by atoms with Crippen molar-refractivity contribution in [1.29, 1.82) is 0 Å².